The number of benzene rings is 1. The first-order valence-electron chi connectivity index (χ1n) is 9.40. The molecule has 0 unspecified atom stereocenters. The van der Waals surface area contributed by atoms with Crippen LogP contribution in [0.25, 0.3) is 0 Å². The van der Waals surface area contributed by atoms with Crippen molar-refractivity contribution in [3.63, 3.8) is 0 Å². The van der Waals surface area contributed by atoms with E-state index >= 15 is 0 Å². The Balaban J connectivity index is 2.01. The SMILES string of the molecule is CCN(CC)c1ccc(NC(=O)[C@@H]2CCCN2C(=O)OC(C)(C)C)cc1. The van der Waals surface area contributed by atoms with Crippen molar-refractivity contribution < 1.29 is 14.3 Å². The van der Waals surface area contributed by atoms with Crippen molar-refractivity contribution in [2.45, 2.75) is 59.1 Å². The number of likely N-dealkylation sites (tertiary alicyclic amines) is 1. The quantitative estimate of drug-likeness (QED) is 0.865. The predicted octanol–water partition coefficient (Wildman–Crippen LogP) is 3.87. The van der Waals surface area contributed by atoms with E-state index < -0.39 is 17.7 Å². The Morgan fingerprint density at radius 3 is 2.35 bits per heavy atom. The lowest BCUT2D eigenvalue weighted by molar-refractivity contribution is -0.120. The lowest BCUT2D eigenvalue weighted by atomic mass is 10.2. The summed E-state index contributed by atoms with van der Waals surface area (Å²) in [5.74, 6) is -0.163. The summed E-state index contributed by atoms with van der Waals surface area (Å²) in [4.78, 5) is 28.8. The first kappa shape index (κ1) is 20.1. The van der Waals surface area contributed by atoms with Gasteiger partial charge in [-0.1, -0.05) is 0 Å². The van der Waals surface area contributed by atoms with E-state index in [1.165, 1.54) is 4.90 Å². The van der Waals surface area contributed by atoms with Gasteiger partial charge in [0, 0.05) is 31.0 Å². The van der Waals surface area contributed by atoms with Gasteiger partial charge in [-0.25, -0.2) is 4.79 Å². The molecule has 1 fully saturated rings. The van der Waals surface area contributed by atoms with Crippen molar-refractivity contribution in [1.82, 2.24) is 4.90 Å². The van der Waals surface area contributed by atoms with Crippen molar-refractivity contribution in [3.8, 4) is 0 Å². The maximum Gasteiger partial charge on any atom is 0.410 e. The van der Waals surface area contributed by atoms with E-state index in [4.69, 9.17) is 4.74 Å². The molecule has 144 valence electrons. The first-order chi connectivity index (χ1) is 12.2. The van der Waals surface area contributed by atoms with Crippen LogP contribution < -0.4 is 10.2 Å². The minimum Gasteiger partial charge on any atom is -0.444 e. The molecule has 6 heteroatoms. The van der Waals surface area contributed by atoms with Gasteiger partial charge < -0.3 is 15.0 Å². The van der Waals surface area contributed by atoms with Crippen LogP contribution in [0.5, 0.6) is 0 Å². The summed E-state index contributed by atoms with van der Waals surface area (Å²) >= 11 is 0. The maximum atomic E-state index is 12.7. The van der Waals surface area contributed by atoms with Gasteiger partial charge in [-0.2, -0.15) is 0 Å². The number of carbonyl (C=O) groups excluding carboxylic acids is 2. The smallest absolute Gasteiger partial charge is 0.410 e. The molecule has 2 amide bonds. The summed E-state index contributed by atoms with van der Waals surface area (Å²) < 4.78 is 5.42. The molecule has 26 heavy (non-hydrogen) atoms. The van der Waals surface area contributed by atoms with Gasteiger partial charge in [-0.05, 0) is 71.7 Å². The Kier molecular flexibility index (Phi) is 6.51. The summed E-state index contributed by atoms with van der Waals surface area (Å²) in [5.41, 5.74) is 1.30. The zero-order chi connectivity index (χ0) is 19.3. The van der Waals surface area contributed by atoms with Crippen LogP contribution in [0.3, 0.4) is 0 Å². The zero-order valence-electron chi connectivity index (χ0n) is 16.5. The standard InChI is InChI=1S/C20H31N3O3/c1-6-22(7-2)16-12-10-15(11-13-16)21-18(24)17-9-8-14-23(17)19(25)26-20(3,4)5/h10-13,17H,6-9,14H2,1-5H3,(H,21,24)/t17-/m0/s1. The Labute approximate surface area is 156 Å². The van der Waals surface area contributed by atoms with E-state index in [0.717, 1.165) is 30.9 Å². The van der Waals surface area contributed by atoms with Gasteiger partial charge in [0.05, 0.1) is 0 Å². The van der Waals surface area contributed by atoms with Gasteiger partial charge in [-0.15, -0.1) is 0 Å². The first-order valence-corrected chi connectivity index (χ1v) is 9.40. The lowest BCUT2D eigenvalue weighted by Gasteiger charge is -2.28. The molecule has 1 saturated heterocycles. The molecule has 1 N–H and O–H groups in total. The summed E-state index contributed by atoms with van der Waals surface area (Å²) in [6, 6.07) is 7.33. The molecular formula is C20H31N3O3. The highest BCUT2D eigenvalue weighted by atomic mass is 16.6. The van der Waals surface area contributed by atoms with Crippen molar-refractivity contribution in [1.29, 1.82) is 0 Å². The second-order valence-electron chi connectivity index (χ2n) is 7.54. The van der Waals surface area contributed by atoms with Crippen LogP contribution in [0.15, 0.2) is 24.3 Å². The van der Waals surface area contributed by atoms with E-state index in [-0.39, 0.29) is 5.91 Å². The number of nitrogens with zero attached hydrogens (tertiary/aromatic N) is 2. The monoisotopic (exact) mass is 361 g/mol. The average molecular weight is 361 g/mol. The number of amides is 2. The van der Waals surface area contributed by atoms with E-state index in [1.807, 2.05) is 45.0 Å². The minimum absolute atomic E-state index is 0.163. The molecule has 1 atom stereocenters. The third-order valence-electron chi connectivity index (χ3n) is 4.45. The number of carbonyl (C=O) groups is 2. The van der Waals surface area contributed by atoms with Crippen molar-refractivity contribution in [2.75, 3.05) is 29.9 Å². The zero-order valence-corrected chi connectivity index (χ0v) is 16.5. The predicted molar refractivity (Wildman–Crippen MR) is 105 cm³/mol. The van der Waals surface area contributed by atoms with Gasteiger partial charge >= 0.3 is 6.09 Å². The summed E-state index contributed by atoms with van der Waals surface area (Å²) in [6.45, 7) is 12.1. The fourth-order valence-corrected chi connectivity index (χ4v) is 3.15. The van der Waals surface area contributed by atoms with Crippen LogP contribution in [0.1, 0.15) is 47.5 Å². The Hall–Kier alpha value is -2.24. The lowest BCUT2D eigenvalue weighted by Crippen LogP contribution is -2.45. The fraction of sp³-hybridized carbons (Fsp3) is 0.600. The Bertz CT molecular complexity index is 618. The van der Waals surface area contributed by atoms with Crippen LogP contribution >= 0.6 is 0 Å². The molecule has 1 aliphatic heterocycles. The number of ether oxygens (including phenoxy) is 1. The maximum absolute atomic E-state index is 12.7. The molecule has 1 aromatic carbocycles. The molecule has 0 bridgehead atoms. The topological polar surface area (TPSA) is 61.9 Å². The molecule has 0 radical (unpaired) electrons. The van der Waals surface area contributed by atoms with Gasteiger partial charge in [0.25, 0.3) is 0 Å². The van der Waals surface area contributed by atoms with Crippen LogP contribution in [-0.4, -0.2) is 48.2 Å². The highest BCUT2D eigenvalue weighted by Crippen LogP contribution is 2.23. The van der Waals surface area contributed by atoms with Gasteiger partial charge in [0.15, 0.2) is 0 Å². The molecule has 0 saturated carbocycles. The summed E-state index contributed by atoms with van der Waals surface area (Å²) in [7, 11) is 0. The Morgan fingerprint density at radius 2 is 1.81 bits per heavy atom. The molecule has 2 rings (SSSR count). The second kappa shape index (κ2) is 8.43. The fourth-order valence-electron chi connectivity index (χ4n) is 3.15. The van der Waals surface area contributed by atoms with Crippen molar-refractivity contribution in [2.24, 2.45) is 0 Å². The van der Waals surface area contributed by atoms with E-state index in [1.54, 1.807) is 0 Å². The number of hydrogen-bond acceptors (Lipinski definition) is 4. The van der Waals surface area contributed by atoms with Crippen LogP contribution in [0.2, 0.25) is 0 Å². The van der Waals surface area contributed by atoms with Gasteiger partial charge in [0.2, 0.25) is 5.91 Å². The van der Waals surface area contributed by atoms with Gasteiger partial charge in [-0.3, -0.25) is 9.69 Å². The molecule has 6 nitrogen and oxygen atoms in total. The van der Waals surface area contributed by atoms with E-state index in [2.05, 4.69) is 24.1 Å². The number of anilines is 2. The molecule has 0 aliphatic carbocycles. The number of hydrogen-bond donors (Lipinski definition) is 1. The summed E-state index contributed by atoms with van der Waals surface area (Å²) in [5, 5.41) is 2.93. The van der Waals surface area contributed by atoms with Crippen LogP contribution in [0, 0.1) is 0 Å². The third-order valence-corrected chi connectivity index (χ3v) is 4.45. The second-order valence-corrected chi connectivity index (χ2v) is 7.54. The molecule has 1 aromatic rings. The van der Waals surface area contributed by atoms with E-state index in [9.17, 15) is 9.59 Å². The normalized spacial score (nSPS) is 17.1. The molecule has 0 spiro atoms. The number of nitrogens with one attached hydrogen (secondary N) is 1. The summed E-state index contributed by atoms with van der Waals surface area (Å²) in [6.07, 6.45) is 1.04. The van der Waals surface area contributed by atoms with Crippen molar-refractivity contribution in [3.05, 3.63) is 24.3 Å². The van der Waals surface area contributed by atoms with E-state index in [0.29, 0.717) is 13.0 Å². The molecule has 1 heterocycles. The van der Waals surface area contributed by atoms with Crippen LogP contribution in [-0.2, 0) is 9.53 Å². The highest BCUT2D eigenvalue weighted by molar-refractivity contribution is 5.97. The molecule has 1 aliphatic rings. The average Bonchev–Trinajstić information content (AvgIpc) is 3.06. The van der Waals surface area contributed by atoms with Crippen molar-refractivity contribution >= 4 is 23.4 Å². The van der Waals surface area contributed by atoms with Crippen LogP contribution in [0.4, 0.5) is 16.2 Å². The molecule has 0 aromatic heterocycles. The third kappa shape index (κ3) is 5.13. The minimum atomic E-state index is -0.568. The largest absolute Gasteiger partial charge is 0.444 e. The number of rotatable bonds is 5. The van der Waals surface area contributed by atoms with Gasteiger partial charge in [0.1, 0.15) is 11.6 Å². The highest BCUT2D eigenvalue weighted by Gasteiger charge is 2.36. The molecular weight excluding hydrogens is 330 g/mol. The Morgan fingerprint density at radius 1 is 1.19 bits per heavy atom.